The Kier molecular flexibility index (Phi) is 4.58. The number of fused-ring (bicyclic) bond motifs is 1. The molecule has 7 nitrogen and oxygen atoms in total. The zero-order chi connectivity index (χ0) is 18.1. The van der Waals surface area contributed by atoms with Gasteiger partial charge in [-0.15, -0.1) is 11.3 Å². The molecule has 0 aliphatic carbocycles. The van der Waals surface area contributed by atoms with E-state index in [2.05, 4.69) is 38.3 Å². The average molecular weight is 370 g/mol. The quantitative estimate of drug-likeness (QED) is 0.763. The van der Waals surface area contributed by atoms with Crippen molar-refractivity contribution in [3.63, 3.8) is 0 Å². The summed E-state index contributed by atoms with van der Waals surface area (Å²) in [6.07, 6.45) is 7.98. The van der Waals surface area contributed by atoms with Crippen LogP contribution in [0.4, 0.5) is 5.82 Å². The van der Waals surface area contributed by atoms with Crippen molar-refractivity contribution in [3.05, 3.63) is 35.2 Å². The predicted molar refractivity (Wildman–Crippen MR) is 103 cm³/mol. The van der Waals surface area contributed by atoms with Gasteiger partial charge in [0.1, 0.15) is 17.0 Å². The first kappa shape index (κ1) is 17.0. The van der Waals surface area contributed by atoms with Gasteiger partial charge in [0, 0.05) is 37.3 Å². The molecule has 1 atom stereocenters. The van der Waals surface area contributed by atoms with Gasteiger partial charge in [0.25, 0.3) is 5.91 Å². The molecule has 8 heteroatoms. The van der Waals surface area contributed by atoms with Gasteiger partial charge in [0.05, 0.1) is 17.1 Å². The summed E-state index contributed by atoms with van der Waals surface area (Å²) in [6, 6.07) is 2.30. The van der Waals surface area contributed by atoms with Gasteiger partial charge in [-0.25, -0.2) is 9.97 Å². The van der Waals surface area contributed by atoms with Gasteiger partial charge in [0.2, 0.25) is 0 Å². The van der Waals surface area contributed by atoms with Crippen LogP contribution in [0.3, 0.4) is 0 Å². The third kappa shape index (κ3) is 3.29. The summed E-state index contributed by atoms with van der Waals surface area (Å²) >= 11 is 1.73. The summed E-state index contributed by atoms with van der Waals surface area (Å²) < 4.78 is 1.64. The molecule has 0 radical (unpaired) electrons. The van der Waals surface area contributed by atoms with Gasteiger partial charge in [-0.1, -0.05) is 6.92 Å². The van der Waals surface area contributed by atoms with Crippen LogP contribution in [0.2, 0.25) is 0 Å². The molecule has 3 aromatic heterocycles. The average Bonchev–Trinajstić information content (AvgIpc) is 3.27. The van der Waals surface area contributed by atoms with Gasteiger partial charge in [-0.3, -0.25) is 9.48 Å². The molecule has 1 amide bonds. The number of hydrogen-bond acceptors (Lipinski definition) is 6. The van der Waals surface area contributed by atoms with Crippen LogP contribution in [0.25, 0.3) is 10.2 Å². The van der Waals surface area contributed by atoms with Crippen molar-refractivity contribution < 1.29 is 4.79 Å². The van der Waals surface area contributed by atoms with E-state index in [-0.39, 0.29) is 11.9 Å². The molecule has 4 rings (SSSR count). The van der Waals surface area contributed by atoms with E-state index in [0.717, 1.165) is 48.4 Å². The molecule has 0 saturated carbocycles. The minimum atomic E-state index is -0.0680. The Labute approximate surface area is 156 Å². The maximum absolute atomic E-state index is 12.4. The zero-order valence-electron chi connectivity index (χ0n) is 15.0. The second-order valence-corrected chi connectivity index (χ2v) is 7.76. The third-order valence-electron chi connectivity index (χ3n) is 4.73. The van der Waals surface area contributed by atoms with Crippen LogP contribution < -0.4 is 10.2 Å². The molecule has 4 heterocycles. The highest BCUT2D eigenvalue weighted by Gasteiger charge is 2.25. The predicted octanol–water partition coefficient (Wildman–Crippen LogP) is 2.39. The lowest BCUT2D eigenvalue weighted by atomic mass is 10.0. The van der Waals surface area contributed by atoms with Crippen molar-refractivity contribution in [2.24, 2.45) is 7.05 Å². The maximum atomic E-state index is 12.4. The number of carbonyl (C=O) groups excluding carboxylic acids is 1. The van der Waals surface area contributed by atoms with Gasteiger partial charge in [-0.05, 0) is 25.3 Å². The number of nitrogens with one attached hydrogen (secondary N) is 1. The first-order valence-corrected chi connectivity index (χ1v) is 9.73. The first-order chi connectivity index (χ1) is 12.6. The normalized spacial score (nSPS) is 17.6. The van der Waals surface area contributed by atoms with E-state index >= 15 is 0 Å². The third-order valence-corrected chi connectivity index (χ3v) is 5.92. The number of thiophene rings is 1. The largest absolute Gasteiger partial charge is 0.354 e. The fourth-order valence-corrected chi connectivity index (χ4v) is 4.34. The highest BCUT2D eigenvalue weighted by molar-refractivity contribution is 7.18. The van der Waals surface area contributed by atoms with Gasteiger partial charge in [-0.2, -0.15) is 5.10 Å². The second-order valence-electron chi connectivity index (χ2n) is 6.64. The molecule has 3 aromatic rings. The smallest absolute Gasteiger partial charge is 0.254 e. The second kappa shape index (κ2) is 7.03. The fourth-order valence-electron chi connectivity index (χ4n) is 3.41. The minimum absolute atomic E-state index is 0.0680. The molecule has 26 heavy (non-hydrogen) atoms. The number of aromatic nitrogens is 4. The molecular weight excluding hydrogens is 348 g/mol. The number of aryl methyl sites for hydroxylation is 2. The van der Waals surface area contributed by atoms with Crippen molar-refractivity contribution in [1.29, 1.82) is 0 Å². The Morgan fingerprint density at radius 3 is 3.08 bits per heavy atom. The Balaban J connectivity index is 1.52. The SMILES string of the molecule is CCc1cc2c(N3CCCC(NC(=O)c4cnn(C)c4)C3)ncnc2s1. The van der Waals surface area contributed by atoms with Crippen molar-refractivity contribution in [2.75, 3.05) is 18.0 Å². The van der Waals surface area contributed by atoms with E-state index in [9.17, 15) is 4.79 Å². The molecule has 1 saturated heterocycles. The van der Waals surface area contributed by atoms with Crippen molar-refractivity contribution in [1.82, 2.24) is 25.1 Å². The van der Waals surface area contributed by atoms with Crippen molar-refractivity contribution in [2.45, 2.75) is 32.2 Å². The number of hydrogen-bond donors (Lipinski definition) is 1. The van der Waals surface area contributed by atoms with E-state index in [1.807, 2.05) is 7.05 Å². The molecule has 1 N–H and O–H groups in total. The number of anilines is 1. The van der Waals surface area contributed by atoms with Crippen LogP contribution in [0.15, 0.2) is 24.8 Å². The molecule has 1 unspecified atom stereocenters. The molecule has 1 fully saturated rings. The molecule has 1 aliphatic heterocycles. The number of rotatable bonds is 4. The zero-order valence-corrected chi connectivity index (χ0v) is 15.8. The molecule has 136 valence electrons. The lowest BCUT2D eigenvalue weighted by Gasteiger charge is -2.34. The summed E-state index contributed by atoms with van der Waals surface area (Å²) in [7, 11) is 1.81. The molecule has 0 bridgehead atoms. The highest BCUT2D eigenvalue weighted by atomic mass is 32.1. The van der Waals surface area contributed by atoms with Crippen molar-refractivity contribution >= 4 is 33.3 Å². The maximum Gasteiger partial charge on any atom is 0.254 e. The summed E-state index contributed by atoms with van der Waals surface area (Å²) in [5.74, 6) is 0.910. The number of amides is 1. The van der Waals surface area contributed by atoms with Crippen LogP contribution in [-0.4, -0.2) is 44.8 Å². The Morgan fingerprint density at radius 2 is 2.31 bits per heavy atom. The van der Waals surface area contributed by atoms with Gasteiger partial charge >= 0.3 is 0 Å². The lowest BCUT2D eigenvalue weighted by Crippen LogP contribution is -2.48. The van der Waals surface area contributed by atoms with E-state index in [0.29, 0.717) is 5.56 Å². The highest BCUT2D eigenvalue weighted by Crippen LogP contribution is 2.31. The molecular formula is C18H22N6OS. The Morgan fingerprint density at radius 1 is 1.42 bits per heavy atom. The molecule has 1 aliphatic rings. The Bertz CT molecular complexity index is 933. The minimum Gasteiger partial charge on any atom is -0.354 e. The van der Waals surface area contributed by atoms with Crippen LogP contribution in [0.5, 0.6) is 0 Å². The number of piperidine rings is 1. The fraction of sp³-hybridized carbons (Fsp3) is 0.444. The van der Waals surface area contributed by atoms with E-state index in [1.165, 1.54) is 4.88 Å². The monoisotopic (exact) mass is 370 g/mol. The Hall–Kier alpha value is -2.48. The summed E-state index contributed by atoms with van der Waals surface area (Å²) in [5, 5.41) is 8.32. The standard InChI is InChI=1S/C18H22N6OS/c1-3-14-7-15-16(19-11-20-18(15)26-14)24-6-4-5-13(10-24)22-17(25)12-8-21-23(2)9-12/h7-9,11,13H,3-6,10H2,1-2H3,(H,22,25). The van der Waals surface area contributed by atoms with Crippen LogP contribution in [0.1, 0.15) is 35.0 Å². The molecule has 0 aromatic carbocycles. The lowest BCUT2D eigenvalue weighted by molar-refractivity contribution is 0.0933. The number of nitrogens with zero attached hydrogens (tertiary/aromatic N) is 5. The number of carbonyl (C=O) groups is 1. The topological polar surface area (TPSA) is 75.9 Å². The first-order valence-electron chi connectivity index (χ1n) is 8.92. The van der Waals surface area contributed by atoms with Crippen LogP contribution in [0, 0.1) is 0 Å². The van der Waals surface area contributed by atoms with E-state index in [4.69, 9.17) is 0 Å². The summed E-state index contributed by atoms with van der Waals surface area (Å²) in [4.78, 5) is 26.0. The molecule has 0 spiro atoms. The van der Waals surface area contributed by atoms with E-state index < -0.39 is 0 Å². The van der Waals surface area contributed by atoms with Crippen molar-refractivity contribution in [3.8, 4) is 0 Å². The van der Waals surface area contributed by atoms with Crippen LogP contribution in [-0.2, 0) is 13.5 Å². The van der Waals surface area contributed by atoms with Gasteiger partial charge < -0.3 is 10.2 Å². The van der Waals surface area contributed by atoms with Crippen LogP contribution >= 0.6 is 11.3 Å². The van der Waals surface area contributed by atoms with Gasteiger partial charge in [0.15, 0.2) is 0 Å². The van der Waals surface area contributed by atoms with E-state index in [1.54, 1.807) is 34.7 Å². The summed E-state index contributed by atoms with van der Waals surface area (Å²) in [6.45, 7) is 3.86. The summed E-state index contributed by atoms with van der Waals surface area (Å²) in [5.41, 5.74) is 0.597.